The fraction of sp³-hybridized carbons (Fsp3) is 0.636. The van der Waals surface area contributed by atoms with Crippen LogP contribution in [0.15, 0.2) is 6.20 Å². The molecule has 5 nitrogen and oxygen atoms in total. The molecule has 0 spiro atoms. The van der Waals surface area contributed by atoms with Crippen LogP contribution >= 0.6 is 0 Å². The van der Waals surface area contributed by atoms with Crippen LogP contribution < -0.4 is 5.73 Å². The Morgan fingerprint density at radius 1 is 1.58 bits per heavy atom. The summed E-state index contributed by atoms with van der Waals surface area (Å²) in [5.74, 6) is -0.653. The number of carbonyl (C=O) groups excluding carboxylic acids is 1. The Morgan fingerprint density at radius 3 is 2.74 bits per heavy atom. The van der Waals surface area contributed by atoms with Gasteiger partial charge in [-0.25, -0.2) is 0 Å². The summed E-state index contributed by atoms with van der Waals surface area (Å²) in [6.07, 6.45) is -3.01. The van der Waals surface area contributed by atoms with Crippen LogP contribution in [0.1, 0.15) is 29.4 Å². The van der Waals surface area contributed by atoms with Crippen LogP contribution in [-0.2, 0) is 12.7 Å². The smallest absolute Gasteiger partial charge is 0.337 e. The van der Waals surface area contributed by atoms with Crippen LogP contribution in [0.2, 0.25) is 0 Å². The van der Waals surface area contributed by atoms with Crippen LogP contribution in [0.25, 0.3) is 0 Å². The molecule has 2 N–H and O–H groups in total. The van der Waals surface area contributed by atoms with Gasteiger partial charge < -0.3 is 10.6 Å². The highest BCUT2D eigenvalue weighted by Gasteiger charge is 2.41. The highest BCUT2D eigenvalue weighted by atomic mass is 19.4. The van der Waals surface area contributed by atoms with E-state index in [4.69, 9.17) is 5.73 Å². The maximum atomic E-state index is 13.0. The molecule has 1 aliphatic rings. The zero-order valence-electron chi connectivity index (χ0n) is 10.4. The molecule has 106 valence electrons. The highest BCUT2D eigenvalue weighted by molar-refractivity contribution is 5.95. The van der Waals surface area contributed by atoms with E-state index in [0.29, 0.717) is 13.0 Å². The lowest BCUT2D eigenvalue weighted by atomic mass is 10.2. The summed E-state index contributed by atoms with van der Waals surface area (Å²) in [7, 11) is 0. The maximum Gasteiger partial charge on any atom is 0.433 e. The van der Waals surface area contributed by atoms with Crippen LogP contribution in [0, 0.1) is 0 Å². The number of halogens is 3. The number of amides is 1. The quantitative estimate of drug-likeness (QED) is 0.879. The van der Waals surface area contributed by atoms with Crippen molar-refractivity contribution >= 4 is 5.91 Å². The Hall–Kier alpha value is -1.57. The second kappa shape index (κ2) is 4.84. The molecule has 1 fully saturated rings. The van der Waals surface area contributed by atoms with E-state index in [9.17, 15) is 18.0 Å². The first kappa shape index (κ1) is 13.9. The van der Waals surface area contributed by atoms with Crippen molar-refractivity contribution in [3.63, 3.8) is 0 Å². The standard InChI is InChI=1S/C11H15F3N4O/c1-2-18-9(11(12,13)14)8(5-16-18)10(19)17-4-3-7(15)6-17/h5,7H,2-4,6,15H2,1H3/t7-/m1/s1. The molecule has 0 bridgehead atoms. The Bertz CT molecular complexity index is 483. The van der Waals surface area contributed by atoms with Gasteiger partial charge in [-0.3, -0.25) is 9.48 Å². The van der Waals surface area contributed by atoms with E-state index in [-0.39, 0.29) is 19.1 Å². The van der Waals surface area contributed by atoms with Gasteiger partial charge in [-0.1, -0.05) is 0 Å². The summed E-state index contributed by atoms with van der Waals surface area (Å²) in [5.41, 5.74) is 4.27. The topological polar surface area (TPSA) is 64.2 Å². The number of nitrogens with zero attached hydrogens (tertiary/aromatic N) is 3. The van der Waals surface area contributed by atoms with Gasteiger partial charge in [0.1, 0.15) is 0 Å². The Balaban J connectivity index is 2.35. The Labute approximate surface area is 108 Å². The van der Waals surface area contributed by atoms with Crippen molar-refractivity contribution < 1.29 is 18.0 Å². The third-order valence-electron chi connectivity index (χ3n) is 3.15. The molecule has 0 unspecified atom stereocenters. The monoisotopic (exact) mass is 276 g/mol. The lowest BCUT2D eigenvalue weighted by Crippen LogP contribution is -2.33. The minimum Gasteiger partial charge on any atom is -0.337 e. The van der Waals surface area contributed by atoms with E-state index in [1.165, 1.54) is 4.90 Å². The maximum absolute atomic E-state index is 13.0. The molecule has 2 rings (SSSR count). The molecule has 1 aliphatic heterocycles. The van der Waals surface area contributed by atoms with Gasteiger partial charge in [0, 0.05) is 25.7 Å². The van der Waals surface area contributed by atoms with Gasteiger partial charge in [0.15, 0.2) is 5.69 Å². The molecular formula is C11H15F3N4O. The van der Waals surface area contributed by atoms with E-state index in [1.807, 2.05) is 0 Å². The van der Waals surface area contributed by atoms with Gasteiger partial charge in [0.05, 0.1) is 11.8 Å². The predicted octanol–water partition coefficient (Wildman–Crippen LogP) is 1.10. The lowest BCUT2D eigenvalue weighted by molar-refractivity contribution is -0.144. The highest BCUT2D eigenvalue weighted by Crippen LogP contribution is 2.32. The summed E-state index contributed by atoms with van der Waals surface area (Å²) in [6, 6.07) is -0.167. The molecule has 19 heavy (non-hydrogen) atoms. The molecule has 2 heterocycles. The summed E-state index contributed by atoms with van der Waals surface area (Å²) >= 11 is 0. The Morgan fingerprint density at radius 2 is 2.26 bits per heavy atom. The third-order valence-corrected chi connectivity index (χ3v) is 3.15. The average Bonchev–Trinajstić information content (AvgIpc) is 2.92. The van der Waals surface area contributed by atoms with Crippen LogP contribution in [0.4, 0.5) is 13.2 Å². The summed E-state index contributed by atoms with van der Waals surface area (Å²) in [4.78, 5) is 13.5. The van der Waals surface area contributed by atoms with Gasteiger partial charge in [-0.15, -0.1) is 0 Å². The second-order valence-electron chi connectivity index (χ2n) is 4.52. The molecule has 0 aromatic carbocycles. The van der Waals surface area contributed by atoms with Crippen LogP contribution in [0.3, 0.4) is 0 Å². The number of alkyl halides is 3. The number of aryl methyl sites for hydroxylation is 1. The largest absolute Gasteiger partial charge is 0.433 e. The van der Waals surface area contributed by atoms with Crippen molar-refractivity contribution in [2.75, 3.05) is 13.1 Å². The fourth-order valence-corrected chi connectivity index (χ4v) is 2.22. The lowest BCUT2D eigenvalue weighted by Gasteiger charge is -2.17. The molecule has 0 aliphatic carbocycles. The average molecular weight is 276 g/mol. The first-order chi connectivity index (χ1) is 8.84. The SMILES string of the molecule is CCn1ncc(C(=O)N2CC[C@@H](N)C2)c1C(F)(F)F. The summed E-state index contributed by atoms with van der Waals surface area (Å²) in [6.45, 7) is 2.27. The van der Waals surface area contributed by atoms with E-state index in [0.717, 1.165) is 10.9 Å². The van der Waals surface area contributed by atoms with Crippen molar-refractivity contribution in [2.45, 2.75) is 32.1 Å². The minimum absolute atomic E-state index is 0.0572. The van der Waals surface area contributed by atoms with E-state index in [2.05, 4.69) is 5.10 Å². The van der Waals surface area contributed by atoms with Gasteiger partial charge in [-0.2, -0.15) is 18.3 Å². The molecule has 1 saturated heterocycles. The summed E-state index contributed by atoms with van der Waals surface area (Å²) in [5, 5.41) is 3.63. The number of aromatic nitrogens is 2. The summed E-state index contributed by atoms with van der Waals surface area (Å²) < 4.78 is 39.8. The van der Waals surface area contributed by atoms with Gasteiger partial charge in [0.2, 0.25) is 0 Å². The molecule has 0 saturated carbocycles. The minimum atomic E-state index is -4.60. The zero-order chi connectivity index (χ0) is 14.2. The zero-order valence-corrected chi connectivity index (χ0v) is 10.4. The van der Waals surface area contributed by atoms with Crippen molar-refractivity contribution in [3.8, 4) is 0 Å². The normalized spacial score (nSPS) is 20.1. The van der Waals surface area contributed by atoms with E-state index >= 15 is 0 Å². The van der Waals surface area contributed by atoms with Gasteiger partial charge >= 0.3 is 6.18 Å². The van der Waals surface area contributed by atoms with Crippen LogP contribution in [-0.4, -0.2) is 39.7 Å². The van der Waals surface area contributed by atoms with Crippen molar-refractivity contribution in [1.82, 2.24) is 14.7 Å². The number of carbonyl (C=O) groups is 1. The van der Waals surface area contributed by atoms with Gasteiger partial charge in [-0.05, 0) is 13.3 Å². The molecule has 1 aromatic heterocycles. The van der Waals surface area contributed by atoms with Crippen molar-refractivity contribution in [1.29, 1.82) is 0 Å². The number of likely N-dealkylation sites (tertiary alicyclic amines) is 1. The molecule has 1 aromatic rings. The molecule has 1 amide bonds. The number of hydrogen-bond donors (Lipinski definition) is 1. The second-order valence-corrected chi connectivity index (χ2v) is 4.52. The molecule has 8 heteroatoms. The van der Waals surface area contributed by atoms with Gasteiger partial charge in [0.25, 0.3) is 5.91 Å². The van der Waals surface area contributed by atoms with Crippen molar-refractivity contribution in [2.24, 2.45) is 5.73 Å². The molecular weight excluding hydrogens is 261 g/mol. The van der Waals surface area contributed by atoms with Crippen LogP contribution in [0.5, 0.6) is 0 Å². The van der Waals surface area contributed by atoms with E-state index in [1.54, 1.807) is 6.92 Å². The molecule has 1 atom stereocenters. The van der Waals surface area contributed by atoms with Crippen molar-refractivity contribution in [3.05, 3.63) is 17.5 Å². The number of nitrogens with two attached hydrogens (primary N) is 1. The molecule has 0 radical (unpaired) electrons. The number of rotatable bonds is 2. The predicted molar refractivity (Wildman–Crippen MR) is 61.4 cm³/mol. The fourth-order valence-electron chi connectivity index (χ4n) is 2.22. The first-order valence-electron chi connectivity index (χ1n) is 6.02. The van der Waals surface area contributed by atoms with E-state index < -0.39 is 23.3 Å². The first-order valence-corrected chi connectivity index (χ1v) is 6.02. The Kier molecular flexibility index (Phi) is 3.53. The number of hydrogen-bond acceptors (Lipinski definition) is 3. The third kappa shape index (κ3) is 2.58.